The molecule has 7 nitrogen and oxygen atoms in total. The van der Waals surface area contributed by atoms with Gasteiger partial charge < -0.3 is 15.0 Å². The lowest BCUT2D eigenvalue weighted by molar-refractivity contribution is -0.0406. The lowest BCUT2D eigenvalue weighted by Gasteiger charge is -2.28. The molecule has 0 saturated carbocycles. The zero-order chi connectivity index (χ0) is 20.0. The SMILES string of the molecule is Fc1cnc2c(c1)[C@H]1CCCN1c1ccn3ncc(c3n1)CNCC(F)(F)CO2. The van der Waals surface area contributed by atoms with Crippen molar-refractivity contribution in [1.82, 2.24) is 24.9 Å². The van der Waals surface area contributed by atoms with Crippen LogP contribution in [-0.4, -0.2) is 45.2 Å². The third-order valence-corrected chi connectivity index (χ3v) is 5.30. The molecule has 0 radical (unpaired) electrons. The Morgan fingerprint density at radius 3 is 3.07 bits per heavy atom. The van der Waals surface area contributed by atoms with Gasteiger partial charge in [-0.25, -0.2) is 27.7 Å². The third kappa shape index (κ3) is 3.37. The van der Waals surface area contributed by atoms with Gasteiger partial charge in [-0.2, -0.15) is 5.10 Å². The molecule has 5 heterocycles. The quantitative estimate of drug-likeness (QED) is 0.622. The van der Waals surface area contributed by atoms with Crippen LogP contribution in [0.2, 0.25) is 0 Å². The zero-order valence-electron chi connectivity index (χ0n) is 15.5. The molecular formula is C19H19F3N6O. The molecule has 3 aromatic heterocycles. The normalized spacial score (nSPS) is 21.5. The molecule has 0 amide bonds. The highest BCUT2D eigenvalue weighted by Crippen LogP contribution is 2.39. The number of halogens is 3. The van der Waals surface area contributed by atoms with Crippen LogP contribution in [0.4, 0.5) is 19.0 Å². The highest BCUT2D eigenvalue weighted by molar-refractivity contribution is 5.54. The minimum absolute atomic E-state index is 0.0335. The molecule has 29 heavy (non-hydrogen) atoms. The van der Waals surface area contributed by atoms with Crippen LogP contribution in [0.15, 0.2) is 30.7 Å². The second kappa shape index (κ2) is 6.87. The molecule has 0 spiro atoms. The van der Waals surface area contributed by atoms with E-state index in [1.165, 1.54) is 6.07 Å². The molecule has 1 fully saturated rings. The molecule has 2 aliphatic heterocycles. The van der Waals surface area contributed by atoms with Gasteiger partial charge in [-0.05, 0) is 25.0 Å². The first kappa shape index (κ1) is 18.2. The van der Waals surface area contributed by atoms with E-state index < -0.39 is 24.9 Å². The summed E-state index contributed by atoms with van der Waals surface area (Å²) in [4.78, 5) is 10.7. The summed E-state index contributed by atoms with van der Waals surface area (Å²) in [5.74, 6) is -2.89. The Bertz CT molecular complexity index is 1060. The van der Waals surface area contributed by atoms with Gasteiger partial charge in [-0.1, -0.05) is 0 Å². The second-order valence-electron chi connectivity index (χ2n) is 7.37. The van der Waals surface area contributed by atoms with Gasteiger partial charge in [0.05, 0.1) is 25.0 Å². The number of rotatable bonds is 0. The summed E-state index contributed by atoms with van der Waals surface area (Å²) in [6.07, 6.45) is 5.98. The maximum atomic E-state index is 14.3. The van der Waals surface area contributed by atoms with Crippen molar-refractivity contribution in [3.63, 3.8) is 0 Å². The number of nitrogens with zero attached hydrogens (tertiary/aromatic N) is 5. The topological polar surface area (TPSA) is 67.6 Å². The minimum Gasteiger partial charge on any atom is -0.471 e. The molecule has 1 atom stereocenters. The number of fused-ring (bicyclic) bond motifs is 5. The zero-order valence-corrected chi connectivity index (χ0v) is 15.5. The first-order valence-corrected chi connectivity index (χ1v) is 9.47. The number of hydrogen-bond acceptors (Lipinski definition) is 6. The van der Waals surface area contributed by atoms with E-state index in [1.54, 1.807) is 16.9 Å². The largest absolute Gasteiger partial charge is 0.471 e. The summed E-state index contributed by atoms with van der Waals surface area (Å²) in [6, 6.07) is 2.91. The van der Waals surface area contributed by atoms with Crippen LogP contribution in [0, 0.1) is 5.82 Å². The molecule has 0 aromatic carbocycles. The molecule has 10 heteroatoms. The van der Waals surface area contributed by atoms with Crippen LogP contribution >= 0.6 is 0 Å². The maximum absolute atomic E-state index is 14.3. The number of alkyl halides is 2. The Balaban J connectivity index is 1.64. The molecular weight excluding hydrogens is 385 g/mol. The van der Waals surface area contributed by atoms with Gasteiger partial charge in [-0.15, -0.1) is 0 Å². The molecule has 2 aliphatic rings. The third-order valence-electron chi connectivity index (χ3n) is 5.30. The summed E-state index contributed by atoms with van der Waals surface area (Å²) >= 11 is 0. The highest BCUT2D eigenvalue weighted by Gasteiger charge is 2.34. The van der Waals surface area contributed by atoms with Crippen LogP contribution in [0.1, 0.15) is 30.0 Å². The lowest BCUT2D eigenvalue weighted by Crippen LogP contribution is -2.38. The van der Waals surface area contributed by atoms with Crippen LogP contribution in [-0.2, 0) is 6.54 Å². The average molecular weight is 404 g/mol. The Morgan fingerprint density at radius 1 is 1.28 bits per heavy atom. The van der Waals surface area contributed by atoms with E-state index in [0.29, 0.717) is 17.8 Å². The Morgan fingerprint density at radius 2 is 2.17 bits per heavy atom. The summed E-state index contributed by atoms with van der Waals surface area (Å²) in [7, 11) is 0. The number of nitrogens with one attached hydrogen (secondary N) is 1. The Kier molecular flexibility index (Phi) is 4.30. The van der Waals surface area contributed by atoms with E-state index in [2.05, 4.69) is 15.4 Å². The van der Waals surface area contributed by atoms with Crippen molar-refractivity contribution in [3.05, 3.63) is 47.7 Å². The summed E-state index contributed by atoms with van der Waals surface area (Å²) in [5.41, 5.74) is 1.79. The monoisotopic (exact) mass is 404 g/mol. The first-order valence-electron chi connectivity index (χ1n) is 9.47. The van der Waals surface area contributed by atoms with E-state index >= 15 is 0 Å². The predicted molar refractivity (Wildman–Crippen MR) is 98.7 cm³/mol. The molecule has 0 aliphatic carbocycles. The van der Waals surface area contributed by atoms with E-state index in [0.717, 1.165) is 30.4 Å². The van der Waals surface area contributed by atoms with Gasteiger partial charge in [0.25, 0.3) is 5.92 Å². The minimum atomic E-state index is -3.12. The molecule has 0 unspecified atom stereocenters. The predicted octanol–water partition coefficient (Wildman–Crippen LogP) is 2.72. The maximum Gasteiger partial charge on any atom is 0.293 e. The van der Waals surface area contributed by atoms with E-state index in [4.69, 9.17) is 9.72 Å². The van der Waals surface area contributed by atoms with Crippen molar-refractivity contribution in [1.29, 1.82) is 0 Å². The van der Waals surface area contributed by atoms with Gasteiger partial charge >= 0.3 is 0 Å². The summed E-state index contributed by atoms with van der Waals surface area (Å²) in [6.45, 7) is -0.498. The standard InChI is InChI=1S/C19H19F3N6O/c20-13-6-14-15-2-1-4-27(15)16-3-5-28-17(26-16)12(8-25-28)7-23-10-19(21,22)11-29-18(14)24-9-13/h3,5-6,8-9,15,23H,1-2,4,7,10-11H2/t15-/m1/s1. The number of hydrogen-bond donors (Lipinski definition) is 1. The fourth-order valence-corrected chi connectivity index (χ4v) is 3.96. The van der Waals surface area contributed by atoms with E-state index in [-0.39, 0.29) is 18.5 Å². The van der Waals surface area contributed by atoms with Gasteiger partial charge in [0.1, 0.15) is 11.6 Å². The fourth-order valence-electron chi connectivity index (χ4n) is 3.96. The first-order chi connectivity index (χ1) is 14.0. The van der Waals surface area contributed by atoms with E-state index in [1.807, 2.05) is 11.0 Å². The van der Waals surface area contributed by atoms with Crippen molar-refractivity contribution in [2.24, 2.45) is 0 Å². The average Bonchev–Trinajstić information content (AvgIpc) is 3.33. The highest BCUT2D eigenvalue weighted by atomic mass is 19.3. The number of pyridine rings is 1. The van der Waals surface area contributed by atoms with Gasteiger partial charge in [0, 0.05) is 30.4 Å². The Hall–Kier alpha value is -2.88. The van der Waals surface area contributed by atoms with Crippen molar-refractivity contribution < 1.29 is 17.9 Å². The van der Waals surface area contributed by atoms with Crippen molar-refractivity contribution in [3.8, 4) is 5.88 Å². The van der Waals surface area contributed by atoms with Crippen LogP contribution < -0.4 is 15.0 Å². The molecule has 152 valence electrons. The lowest BCUT2D eigenvalue weighted by atomic mass is 10.1. The molecule has 1 saturated heterocycles. The van der Waals surface area contributed by atoms with Gasteiger partial charge in [0.2, 0.25) is 5.88 Å². The van der Waals surface area contributed by atoms with Crippen LogP contribution in [0.5, 0.6) is 5.88 Å². The van der Waals surface area contributed by atoms with Gasteiger partial charge in [0.15, 0.2) is 12.3 Å². The molecule has 1 N–H and O–H groups in total. The Labute approximate surface area is 164 Å². The second-order valence-corrected chi connectivity index (χ2v) is 7.37. The molecule has 2 bridgehead atoms. The van der Waals surface area contributed by atoms with Crippen LogP contribution in [0.3, 0.4) is 0 Å². The van der Waals surface area contributed by atoms with Gasteiger partial charge in [-0.3, -0.25) is 0 Å². The summed E-state index contributed by atoms with van der Waals surface area (Å²) < 4.78 is 49.6. The molecule has 5 rings (SSSR count). The molecule has 3 aromatic rings. The number of ether oxygens (including phenoxy) is 1. The van der Waals surface area contributed by atoms with Crippen molar-refractivity contribution >= 4 is 11.5 Å². The van der Waals surface area contributed by atoms with E-state index in [9.17, 15) is 13.2 Å². The number of aromatic nitrogens is 4. The fraction of sp³-hybridized carbons (Fsp3) is 0.421. The summed E-state index contributed by atoms with van der Waals surface area (Å²) in [5, 5.41) is 6.99. The van der Waals surface area contributed by atoms with Crippen LogP contribution in [0.25, 0.3) is 5.65 Å². The van der Waals surface area contributed by atoms with Crippen molar-refractivity contribution in [2.45, 2.75) is 31.4 Å². The smallest absolute Gasteiger partial charge is 0.293 e. The number of anilines is 1. The van der Waals surface area contributed by atoms with Crippen molar-refractivity contribution in [2.75, 3.05) is 24.6 Å².